The summed E-state index contributed by atoms with van der Waals surface area (Å²) in [4.78, 5) is 24.6. The molecule has 30 heavy (non-hydrogen) atoms. The van der Waals surface area contributed by atoms with Crippen LogP contribution in [0.25, 0.3) is 0 Å². The lowest BCUT2D eigenvalue weighted by Crippen LogP contribution is -2.38. The molecule has 0 radical (unpaired) electrons. The Morgan fingerprint density at radius 1 is 0.967 bits per heavy atom. The van der Waals surface area contributed by atoms with E-state index in [1.54, 1.807) is 18.2 Å². The van der Waals surface area contributed by atoms with Gasteiger partial charge in [0.1, 0.15) is 0 Å². The lowest BCUT2D eigenvalue weighted by Gasteiger charge is -2.23. The van der Waals surface area contributed by atoms with Gasteiger partial charge in [-0.2, -0.15) is 0 Å². The van der Waals surface area contributed by atoms with Crippen molar-refractivity contribution in [3.63, 3.8) is 0 Å². The zero-order valence-electron chi connectivity index (χ0n) is 19.6. The van der Waals surface area contributed by atoms with Gasteiger partial charge in [-0.3, -0.25) is 9.59 Å². The molecule has 3 atom stereocenters. The van der Waals surface area contributed by atoms with Crippen LogP contribution in [0.2, 0.25) is 0 Å². The van der Waals surface area contributed by atoms with Gasteiger partial charge in [0.05, 0.1) is 6.10 Å². The predicted molar refractivity (Wildman–Crippen MR) is 119 cm³/mol. The number of aliphatic hydroxyl groups excluding tert-OH is 1. The summed E-state index contributed by atoms with van der Waals surface area (Å²) < 4.78 is 11.0. The van der Waals surface area contributed by atoms with Crippen LogP contribution in [0.1, 0.15) is 85.8 Å². The first-order valence-electron chi connectivity index (χ1n) is 10.9. The van der Waals surface area contributed by atoms with Gasteiger partial charge in [-0.05, 0) is 50.3 Å². The average Bonchev–Trinajstić information content (AvgIpc) is 2.66. The molecule has 0 saturated heterocycles. The molecule has 2 N–H and O–H groups in total. The van der Waals surface area contributed by atoms with Crippen LogP contribution in [-0.4, -0.2) is 29.1 Å². The van der Waals surface area contributed by atoms with E-state index < -0.39 is 6.10 Å². The SMILES string of the molecule is CCC(C)CC(=O)Oc1ccc(C(O)CNC(C)(C)C)cc1OC(=O)CC(C)CC. The number of aliphatic hydroxyl groups is 1. The van der Waals surface area contributed by atoms with Gasteiger partial charge in [-0.1, -0.05) is 46.6 Å². The summed E-state index contributed by atoms with van der Waals surface area (Å²) in [6.45, 7) is 14.4. The van der Waals surface area contributed by atoms with Crippen molar-refractivity contribution in [1.29, 1.82) is 0 Å². The van der Waals surface area contributed by atoms with E-state index in [0.717, 1.165) is 12.8 Å². The zero-order chi connectivity index (χ0) is 22.9. The van der Waals surface area contributed by atoms with E-state index in [2.05, 4.69) is 5.32 Å². The van der Waals surface area contributed by atoms with E-state index in [9.17, 15) is 14.7 Å². The Labute approximate surface area is 181 Å². The minimum Gasteiger partial charge on any atom is -0.423 e. The minimum absolute atomic E-state index is 0.141. The quantitative estimate of drug-likeness (QED) is 0.395. The molecule has 0 aromatic heterocycles. The van der Waals surface area contributed by atoms with Gasteiger partial charge in [0.15, 0.2) is 11.5 Å². The van der Waals surface area contributed by atoms with E-state index in [4.69, 9.17) is 9.47 Å². The molecule has 6 nitrogen and oxygen atoms in total. The molecule has 6 heteroatoms. The van der Waals surface area contributed by atoms with Crippen molar-refractivity contribution in [2.24, 2.45) is 11.8 Å². The van der Waals surface area contributed by atoms with E-state index in [-0.39, 0.29) is 53.7 Å². The van der Waals surface area contributed by atoms with Crippen LogP contribution in [0.3, 0.4) is 0 Å². The molecular formula is C24H39NO5. The van der Waals surface area contributed by atoms with Crippen molar-refractivity contribution < 1.29 is 24.2 Å². The van der Waals surface area contributed by atoms with Crippen molar-refractivity contribution in [3.8, 4) is 11.5 Å². The molecule has 1 aromatic rings. The fourth-order valence-corrected chi connectivity index (χ4v) is 2.60. The van der Waals surface area contributed by atoms with Crippen LogP contribution in [0.15, 0.2) is 18.2 Å². The average molecular weight is 422 g/mol. The highest BCUT2D eigenvalue weighted by Crippen LogP contribution is 2.32. The van der Waals surface area contributed by atoms with E-state index >= 15 is 0 Å². The second kappa shape index (κ2) is 12.1. The minimum atomic E-state index is -0.791. The van der Waals surface area contributed by atoms with E-state index in [1.807, 2.05) is 48.5 Å². The molecule has 1 rings (SSSR count). The zero-order valence-corrected chi connectivity index (χ0v) is 19.6. The summed E-state index contributed by atoms with van der Waals surface area (Å²) in [6.07, 6.45) is 1.51. The molecule has 3 unspecified atom stereocenters. The number of hydrogen-bond donors (Lipinski definition) is 2. The Balaban J connectivity index is 3.04. The fourth-order valence-electron chi connectivity index (χ4n) is 2.60. The fraction of sp³-hybridized carbons (Fsp3) is 0.667. The van der Waals surface area contributed by atoms with Crippen LogP contribution >= 0.6 is 0 Å². The molecule has 1 aromatic carbocycles. The van der Waals surface area contributed by atoms with Crippen molar-refractivity contribution >= 4 is 11.9 Å². The molecule has 0 aliphatic carbocycles. The topological polar surface area (TPSA) is 84.9 Å². The smallest absolute Gasteiger partial charge is 0.311 e. The van der Waals surface area contributed by atoms with E-state index in [0.29, 0.717) is 12.1 Å². The van der Waals surface area contributed by atoms with Gasteiger partial charge in [-0.25, -0.2) is 0 Å². The normalized spacial score (nSPS) is 14.7. The van der Waals surface area contributed by atoms with Gasteiger partial charge in [0.2, 0.25) is 0 Å². The third-order valence-electron chi connectivity index (χ3n) is 5.05. The molecule has 0 saturated carbocycles. The highest BCUT2D eigenvalue weighted by Gasteiger charge is 2.20. The highest BCUT2D eigenvalue weighted by molar-refractivity contribution is 5.76. The second-order valence-electron chi connectivity index (χ2n) is 9.24. The Morgan fingerprint density at radius 3 is 1.93 bits per heavy atom. The maximum absolute atomic E-state index is 12.3. The molecule has 0 spiro atoms. The molecule has 0 amide bonds. The number of esters is 2. The Kier molecular flexibility index (Phi) is 10.5. The van der Waals surface area contributed by atoms with Gasteiger partial charge in [0.25, 0.3) is 0 Å². The maximum Gasteiger partial charge on any atom is 0.311 e. The van der Waals surface area contributed by atoms with Crippen molar-refractivity contribution in [1.82, 2.24) is 5.32 Å². The van der Waals surface area contributed by atoms with Crippen molar-refractivity contribution in [2.75, 3.05) is 6.54 Å². The van der Waals surface area contributed by atoms with Gasteiger partial charge < -0.3 is 19.9 Å². The third kappa shape index (κ3) is 9.72. The molecule has 170 valence electrons. The molecule has 0 fully saturated rings. The third-order valence-corrected chi connectivity index (χ3v) is 5.05. The number of nitrogens with one attached hydrogen (secondary N) is 1. The van der Waals surface area contributed by atoms with Gasteiger partial charge in [-0.15, -0.1) is 0 Å². The summed E-state index contributed by atoms with van der Waals surface area (Å²) in [6, 6.07) is 4.85. The van der Waals surface area contributed by atoms with Gasteiger partial charge >= 0.3 is 11.9 Å². The Hall–Kier alpha value is -1.92. The molecule has 0 aliphatic rings. The number of rotatable bonds is 11. The number of β-amino-alcohol motifs (C(OH)–C–C–N with tert-alkyl or cyclic N) is 1. The summed E-state index contributed by atoms with van der Waals surface area (Å²) >= 11 is 0. The number of ether oxygens (including phenoxy) is 2. The number of carbonyl (C=O) groups excluding carboxylic acids is 2. The molecule has 0 heterocycles. The largest absolute Gasteiger partial charge is 0.423 e. The molecule has 0 bridgehead atoms. The van der Waals surface area contributed by atoms with Crippen LogP contribution in [0.4, 0.5) is 0 Å². The lowest BCUT2D eigenvalue weighted by atomic mass is 10.0. The Morgan fingerprint density at radius 2 is 1.47 bits per heavy atom. The summed E-state index contributed by atoms with van der Waals surface area (Å²) in [7, 11) is 0. The van der Waals surface area contributed by atoms with Gasteiger partial charge in [0, 0.05) is 24.9 Å². The number of carbonyl (C=O) groups is 2. The number of benzene rings is 1. The van der Waals surface area contributed by atoms with Crippen LogP contribution in [0.5, 0.6) is 11.5 Å². The second-order valence-corrected chi connectivity index (χ2v) is 9.24. The Bertz CT molecular complexity index is 695. The summed E-state index contributed by atoms with van der Waals surface area (Å²) in [5, 5.41) is 13.8. The summed E-state index contributed by atoms with van der Waals surface area (Å²) in [5.74, 6) is 0.0000811. The highest BCUT2D eigenvalue weighted by atomic mass is 16.6. The predicted octanol–water partition coefficient (Wildman–Crippen LogP) is 4.79. The first-order valence-corrected chi connectivity index (χ1v) is 10.9. The monoisotopic (exact) mass is 421 g/mol. The molecule has 0 aliphatic heterocycles. The van der Waals surface area contributed by atoms with Crippen molar-refractivity contribution in [3.05, 3.63) is 23.8 Å². The number of hydrogen-bond acceptors (Lipinski definition) is 6. The molecular weight excluding hydrogens is 382 g/mol. The van der Waals surface area contributed by atoms with Crippen LogP contribution in [0, 0.1) is 11.8 Å². The van der Waals surface area contributed by atoms with Crippen LogP contribution in [-0.2, 0) is 9.59 Å². The first kappa shape index (κ1) is 26.1. The summed E-state index contributed by atoms with van der Waals surface area (Å²) in [5.41, 5.74) is 0.442. The maximum atomic E-state index is 12.3. The standard InChI is InChI=1S/C24H39NO5/c1-8-16(3)12-22(27)29-20-11-10-18(19(26)15-25-24(5,6)7)14-21(20)30-23(28)13-17(4)9-2/h10-11,14,16-17,19,25-26H,8-9,12-13,15H2,1-7H3. The van der Waals surface area contributed by atoms with E-state index in [1.165, 1.54) is 0 Å². The van der Waals surface area contributed by atoms with Crippen molar-refractivity contribution in [2.45, 2.75) is 85.8 Å². The van der Waals surface area contributed by atoms with Crippen LogP contribution < -0.4 is 14.8 Å². The first-order chi connectivity index (χ1) is 13.9. The lowest BCUT2D eigenvalue weighted by molar-refractivity contribution is -0.138.